The van der Waals surface area contributed by atoms with Crippen molar-refractivity contribution in [1.82, 2.24) is 4.90 Å². The molecule has 0 atom stereocenters. The molecule has 0 spiro atoms. The van der Waals surface area contributed by atoms with Crippen molar-refractivity contribution in [3.63, 3.8) is 0 Å². The third-order valence-electron chi connectivity index (χ3n) is 2.89. The smallest absolute Gasteiger partial charge is 0.151 e. The molecule has 0 radical (unpaired) electrons. The summed E-state index contributed by atoms with van der Waals surface area (Å²) in [7, 11) is 0. The number of rotatable bonds is 8. The average molecular weight is 261 g/mol. The molecule has 1 rings (SSSR count). The highest BCUT2D eigenvalue weighted by Crippen LogP contribution is 2.06. The molecule has 0 N–H and O–H groups in total. The Kier molecular flexibility index (Phi) is 6.79. The molecule has 0 saturated carbocycles. The van der Waals surface area contributed by atoms with E-state index in [1.54, 1.807) is 0 Å². The van der Waals surface area contributed by atoms with E-state index in [4.69, 9.17) is 0 Å². The molecule has 19 heavy (non-hydrogen) atoms. The van der Waals surface area contributed by atoms with E-state index in [0.29, 0.717) is 30.6 Å². The first-order valence-electron chi connectivity index (χ1n) is 7.25. The first kappa shape index (κ1) is 15.9. The van der Waals surface area contributed by atoms with Crippen molar-refractivity contribution < 1.29 is 4.79 Å². The van der Waals surface area contributed by atoms with Gasteiger partial charge in [0.2, 0.25) is 0 Å². The van der Waals surface area contributed by atoms with Gasteiger partial charge in [-0.15, -0.1) is 0 Å². The zero-order chi connectivity index (χ0) is 14.3. The summed E-state index contributed by atoms with van der Waals surface area (Å²) >= 11 is 0. The highest BCUT2D eigenvalue weighted by molar-refractivity contribution is 5.82. The van der Waals surface area contributed by atoms with Gasteiger partial charge in [0, 0.05) is 19.5 Å². The summed E-state index contributed by atoms with van der Waals surface area (Å²) in [6, 6.07) is 10.0. The van der Waals surface area contributed by atoms with Crippen LogP contribution < -0.4 is 0 Å². The fourth-order valence-corrected chi connectivity index (χ4v) is 2.37. The number of hydrogen-bond acceptors (Lipinski definition) is 2. The Balaban J connectivity index is 2.50. The van der Waals surface area contributed by atoms with Gasteiger partial charge >= 0.3 is 0 Å². The number of hydrogen-bond donors (Lipinski definition) is 0. The van der Waals surface area contributed by atoms with Crippen LogP contribution in [-0.4, -0.2) is 30.3 Å². The van der Waals surface area contributed by atoms with Gasteiger partial charge in [0.1, 0.15) is 0 Å². The van der Waals surface area contributed by atoms with Crippen molar-refractivity contribution in [1.29, 1.82) is 0 Å². The molecule has 0 aliphatic heterocycles. The van der Waals surface area contributed by atoms with Gasteiger partial charge < -0.3 is 0 Å². The number of ketones is 1. The average Bonchev–Trinajstić information content (AvgIpc) is 2.27. The van der Waals surface area contributed by atoms with Gasteiger partial charge in [-0.2, -0.15) is 0 Å². The third kappa shape index (κ3) is 7.12. The van der Waals surface area contributed by atoms with Crippen LogP contribution in [0.2, 0.25) is 0 Å². The van der Waals surface area contributed by atoms with E-state index in [-0.39, 0.29) is 0 Å². The Hall–Kier alpha value is -1.15. The molecule has 2 nitrogen and oxygen atoms in total. The first-order chi connectivity index (χ1) is 8.97. The number of benzene rings is 1. The van der Waals surface area contributed by atoms with Crippen LogP contribution in [0.25, 0.3) is 0 Å². The minimum atomic E-state index is 0.313. The van der Waals surface area contributed by atoms with Crippen LogP contribution in [0.4, 0.5) is 0 Å². The zero-order valence-electron chi connectivity index (χ0n) is 12.7. The van der Waals surface area contributed by atoms with Crippen molar-refractivity contribution in [2.75, 3.05) is 19.6 Å². The lowest BCUT2D eigenvalue weighted by Crippen LogP contribution is -2.36. The number of carbonyl (C=O) groups is 1. The van der Waals surface area contributed by atoms with Crippen molar-refractivity contribution in [3.8, 4) is 0 Å². The van der Waals surface area contributed by atoms with E-state index in [9.17, 15) is 4.79 Å². The Morgan fingerprint density at radius 2 is 1.53 bits per heavy atom. The Bertz CT molecular complexity index is 360. The largest absolute Gasteiger partial charge is 0.298 e. The van der Waals surface area contributed by atoms with Gasteiger partial charge in [0.15, 0.2) is 5.78 Å². The van der Waals surface area contributed by atoms with Crippen LogP contribution in [-0.2, 0) is 11.2 Å². The molecule has 106 valence electrons. The molecular weight excluding hydrogens is 234 g/mol. The van der Waals surface area contributed by atoms with Gasteiger partial charge in [-0.25, -0.2) is 0 Å². The van der Waals surface area contributed by atoms with Crippen LogP contribution in [0.1, 0.15) is 33.3 Å². The van der Waals surface area contributed by atoms with Crippen molar-refractivity contribution >= 4 is 5.78 Å². The maximum Gasteiger partial charge on any atom is 0.151 e. The fourth-order valence-electron chi connectivity index (χ4n) is 2.37. The molecule has 0 aromatic heterocycles. The minimum Gasteiger partial charge on any atom is -0.298 e. The Morgan fingerprint density at radius 1 is 1.00 bits per heavy atom. The second kappa shape index (κ2) is 8.11. The van der Waals surface area contributed by atoms with Gasteiger partial charge in [-0.3, -0.25) is 9.69 Å². The monoisotopic (exact) mass is 261 g/mol. The number of nitrogens with zero attached hydrogens (tertiary/aromatic N) is 1. The third-order valence-corrected chi connectivity index (χ3v) is 2.89. The SMILES string of the molecule is CC(C)CN(CC(=O)Cc1ccccc1)CC(C)C. The van der Waals surface area contributed by atoms with Crippen LogP contribution >= 0.6 is 0 Å². The lowest BCUT2D eigenvalue weighted by Gasteiger charge is -2.25. The topological polar surface area (TPSA) is 20.3 Å². The number of carbonyl (C=O) groups excluding carboxylic acids is 1. The second-order valence-electron chi connectivity index (χ2n) is 6.18. The predicted octanol–water partition coefficient (Wildman–Crippen LogP) is 3.41. The Morgan fingerprint density at radius 3 is 2.00 bits per heavy atom. The summed E-state index contributed by atoms with van der Waals surface area (Å²) in [6.07, 6.45) is 0.549. The van der Waals surface area contributed by atoms with Crippen molar-refractivity contribution in [2.24, 2.45) is 11.8 Å². The first-order valence-corrected chi connectivity index (χ1v) is 7.25. The van der Waals surface area contributed by atoms with Crippen LogP contribution in [0.5, 0.6) is 0 Å². The summed E-state index contributed by atoms with van der Waals surface area (Å²) < 4.78 is 0. The van der Waals surface area contributed by atoms with E-state index in [1.807, 2.05) is 30.3 Å². The molecule has 1 aromatic rings. The molecule has 0 aliphatic rings. The number of Topliss-reactive ketones (excluding diaryl/α,β-unsaturated/α-hetero) is 1. The molecule has 0 aliphatic carbocycles. The quantitative estimate of drug-likeness (QED) is 0.714. The van der Waals surface area contributed by atoms with Crippen LogP contribution in [0.15, 0.2) is 30.3 Å². The summed E-state index contributed by atoms with van der Waals surface area (Å²) in [5, 5.41) is 0. The summed E-state index contributed by atoms with van der Waals surface area (Å²) in [5.41, 5.74) is 1.11. The predicted molar refractivity (Wildman–Crippen MR) is 81.3 cm³/mol. The molecule has 0 fully saturated rings. The van der Waals surface area contributed by atoms with Gasteiger partial charge in [0.05, 0.1) is 6.54 Å². The standard InChI is InChI=1S/C17H27NO/c1-14(2)11-18(12-15(3)4)13-17(19)10-16-8-6-5-7-9-16/h5-9,14-15H,10-13H2,1-4H3. The second-order valence-corrected chi connectivity index (χ2v) is 6.18. The van der Waals surface area contributed by atoms with Crippen LogP contribution in [0, 0.1) is 11.8 Å². The molecule has 0 heterocycles. The molecule has 0 saturated heterocycles. The van der Waals surface area contributed by atoms with Crippen LogP contribution in [0.3, 0.4) is 0 Å². The molecule has 0 bridgehead atoms. The minimum absolute atomic E-state index is 0.313. The van der Waals surface area contributed by atoms with Gasteiger partial charge in [0.25, 0.3) is 0 Å². The molecule has 2 heteroatoms. The van der Waals surface area contributed by atoms with E-state index >= 15 is 0 Å². The molecule has 0 unspecified atom stereocenters. The summed E-state index contributed by atoms with van der Waals surface area (Å²) in [4.78, 5) is 14.4. The zero-order valence-corrected chi connectivity index (χ0v) is 12.7. The van der Waals surface area contributed by atoms with Gasteiger partial charge in [-0.05, 0) is 17.4 Å². The highest BCUT2D eigenvalue weighted by atomic mass is 16.1. The highest BCUT2D eigenvalue weighted by Gasteiger charge is 2.13. The van der Waals surface area contributed by atoms with Gasteiger partial charge in [-0.1, -0.05) is 58.0 Å². The summed E-state index contributed by atoms with van der Waals surface area (Å²) in [5.74, 6) is 1.51. The van der Waals surface area contributed by atoms with E-state index in [1.165, 1.54) is 0 Å². The lowest BCUT2D eigenvalue weighted by molar-refractivity contribution is -0.119. The van der Waals surface area contributed by atoms with Crippen molar-refractivity contribution in [3.05, 3.63) is 35.9 Å². The Labute approximate surface area is 117 Å². The van der Waals surface area contributed by atoms with E-state index in [0.717, 1.165) is 18.7 Å². The molecular formula is C17H27NO. The van der Waals surface area contributed by atoms with Crippen molar-refractivity contribution in [2.45, 2.75) is 34.1 Å². The molecule has 0 amide bonds. The normalized spacial score (nSPS) is 11.5. The van der Waals surface area contributed by atoms with E-state index < -0.39 is 0 Å². The summed E-state index contributed by atoms with van der Waals surface area (Å²) in [6.45, 7) is 11.4. The fraction of sp³-hybridized carbons (Fsp3) is 0.588. The van der Waals surface area contributed by atoms with E-state index in [2.05, 4.69) is 32.6 Å². The lowest BCUT2D eigenvalue weighted by atomic mass is 10.1. The maximum atomic E-state index is 12.1. The molecule has 1 aromatic carbocycles. The maximum absolute atomic E-state index is 12.1.